The van der Waals surface area contributed by atoms with E-state index in [1.165, 1.54) is 23.8 Å². The lowest BCUT2D eigenvalue weighted by molar-refractivity contribution is 0.0690. The first-order chi connectivity index (χ1) is 7.61. The summed E-state index contributed by atoms with van der Waals surface area (Å²) < 4.78 is 6.20. The molecule has 0 aromatic carbocycles. The van der Waals surface area contributed by atoms with Crippen molar-refractivity contribution in [3.63, 3.8) is 0 Å². The van der Waals surface area contributed by atoms with E-state index in [4.69, 9.17) is 9.84 Å². The summed E-state index contributed by atoms with van der Waals surface area (Å²) >= 11 is 0. The fourth-order valence-electron chi connectivity index (χ4n) is 1.32. The number of pyridine rings is 1. The number of rotatable bonds is 2. The highest BCUT2D eigenvalue weighted by Crippen LogP contribution is 2.11. The van der Waals surface area contributed by atoms with E-state index in [-0.39, 0.29) is 11.3 Å². The van der Waals surface area contributed by atoms with Gasteiger partial charge in [-0.25, -0.2) is 9.78 Å². The average Bonchev–Trinajstić information content (AvgIpc) is 2.28. The number of fused-ring (bicyclic) bond motifs is 1. The molecule has 0 fully saturated rings. The van der Waals surface area contributed by atoms with Crippen LogP contribution >= 0.6 is 0 Å². The normalized spacial score (nSPS) is 10.3. The van der Waals surface area contributed by atoms with E-state index in [9.17, 15) is 9.59 Å². The van der Waals surface area contributed by atoms with Crippen LogP contribution in [-0.4, -0.2) is 27.6 Å². The van der Waals surface area contributed by atoms with Crippen LogP contribution in [0.5, 0.6) is 5.75 Å². The summed E-state index contributed by atoms with van der Waals surface area (Å²) in [6.07, 6.45) is 1.48. The highest BCUT2D eigenvalue weighted by molar-refractivity contribution is 5.85. The molecular weight excluding hydrogens is 212 g/mol. The summed E-state index contributed by atoms with van der Waals surface area (Å²) in [5.74, 6) is -0.725. The van der Waals surface area contributed by atoms with Crippen molar-refractivity contribution in [2.24, 2.45) is 0 Å². The molecular formula is C10H8N2O4. The minimum atomic E-state index is -1.23. The maximum absolute atomic E-state index is 11.5. The van der Waals surface area contributed by atoms with Crippen molar-refractivity contribution in [2.75, 3.05) is 7.11 Å². The van der Waals surface area contributed by atoms with E-state index in [0.717, 1.165) is 6.07 Å². The van der Waals surface area contributed by atoms with Crippen LogP contribution in [-0.2, 0) is 0 Å². The third kappa shape index (κ3) is 1.60. The summed E-state index contributed by atoms with van der Waals surface area (Å²) in [5.41, 5.74) is -0.479. The van der Waals surface area contributed by atoms with E-state index >= 15 is 0 Å². The molecule has 16 heavy (non-hydrogen) atoms. The first kappa shape index (κ1) is 10.2. The number of nitrogens with zero attached hydrogens (tertiary/aromatic N) is 2. The molecule has 0 atom stereocenters. The van der Waals surface area contributed by atoms with E-state index in [1.807, 2.05) is 0 Å². The molecule has 0 aliphatic carbocycles. The van der Waals surface area contributed by atoms with Crippen LogP contribution in [0.15, 0.2) is 29.2 Å². The van der Waals surface area contributed by atoms with Crippen molar-refractivity contribution in [2.45, 2.75) is 0 Å². The minimum Gasteiger partial charge on any atom is -0.497 e. The average molecular weight is 220 g/mol. The molecule has 2 aromatic rings. The summed E-state index contributed by atoms with van der Waals surface area (Å²) in [7, 11) is 1.48. The quantitative estimate of drug-likeness (QED) is 0.792. The number of hydrogen-bond donors (Lipinski definition) is 1. The maximum Gasteiger partial charge on any atom is 0.354 e. The van der Waals surface area contributed by atoms with Gasteiger partial charge in [-0.05, 0) is 6.07 Å². The Morgan fingerprint density at radius 3 is 2.88 bits per heavy atom. The monoisotopic (exact) mass is 220 g/mol. The molecule has 0 amide bonds. The van der Waals surface area contributed by atoms with Crippen LogP contribution in [0.3, 0.4) is 0 Å². The first-order valence-electron chi connectivity index (χ1n) is 4.42. The van der Waals surface area contributed by atoms with E-state index in [1.54, 1.807) is 6.07 Å². The fourth-order valence-corrected chi connectivity index (χ4v) is 1.32. The Bertz CT molecular complexity index is 618. The third-order valence-electron chi connectivity index (χ3n) is 2.09. The number of ether oxygens (including phenoxy) is 1. The number of aromatic carboxylic acids is 1. The number of carbonyl (C=O) groups is 1. The molecule has 0 bridgehead atoms. The van der Waals surface area contributed by atoms with Gasteiger partial charge in [0, 0.05) is 18.3 Å². The van der Waals surface area contributed by atoms with Crippen molar-refractivity contribution in [3.8, 4) is 5.75 Å². The lowest BCUT2D eigenvalue weighted by Gasteiger charge is -2.03. The number of hydrogen-bond acceptors (Lipinski definition) is 4. The van der Waals surface area contributed by atoms with Gasteiger partial charge in [-0.3, -0.25) is 9.20 Å². The van der Waals surface area contributed by atoms with Crippen molar-refractivity contribution in [1.29, 1.82) is 0 Å². The molecule has 0 aliphatic heterocycles. The number of methoxy groups -OCH3 is 1. The van der Waals surface area contributed by atoms with Gasteiger partial charge in [0.2, 0.25) is 0 Å². The number of carboxylic acids is 1. The van der Waals surface area contributed by atoms with Crippen LogP contribution in [0.4, 0.5) is 0 Å². The summed E-state index contributed by atoms with van der Waals surface area (Å²) in [6, 6.07) is 4.06. The van der Waals surface area contributed by atoms with Crippen LogP contribution < -0.4 is 10.3 Å². The Morgan fingerprint density at radius 2 is 2.25 bits per heavy atom. The van der Waals surface area contributed by atoms with E-state index in [2.05, 4.69) is 4.98 Å². The lowest BCUT2D eigenvalue weighted by atomic mass is 10.3. The zero-order valence-electron chi connectivity index (χ0n) is 8.38. The van der Waals surface area contributed by atoms with Crippen molar-refractivity contribution in [3.05, 3.63) is 40.4 Å². The molecule has 0 saturated heterocycles. The molecule has 0 spiro atoms. The lowest BCUT2D eigenvalue weighted by Crippen LogP contribution is -2.17. The van der Waals surface area contributed by atoms with Gasteiger partial charge >= 0.3 is 5.97 Å². The molecule has 1 N–H and O–H groups in total. The second-order valence-corrected chi connectivity index (χ2v) is 3.08. The van der Waals surface area contributed by atoms with Gasteiger partial charge in [-0.1, -0.05) is 0 Å². The largest absolute Gasteiger partial charge is 0.497 e. The molecule has 0 radical (unpaired) electrons. The van der Waals surface area contributed by atoms with Gasteiger partial charge in [0.15, 0.2) is 5.69 Å². The van der Waals surface area contributed by atoms with Crippen molar-refractivity contribution < 1.29 is 14.6 Å². The van der Waals surface area contributed by atoms with Gasteiger partial charge in [0.1, 0.15) is 11.4 Å². The van der Waals surface area contributed by atoms with Gasteiger partial charge in [0.25, 0.3) is 5.56 Å². The Labute approximate surface area is 89.7 Å². The fraction of sp³-hybridized carbons (Fsp3) is 0.100. The molecule has 82 valence electrons. The topological polar surface area (TPSA) is 80.9 Å². The van der Waals surface area contributed by atoms with Gasteiger partial charge in [-0.2, -0.15) is 0 Å². The first-order valence-corrected chi connectivity index (χ1v) is 4.42. The molecule has 6 nitrogen and oxygen atoms in total. The highest BCUT2D eigenvalue weighted by Gasteiger charge is 2.08. The number of aromatic nitrogens is 2. The van der Waals surface area contributed by atoms with Crippen LogP contribution in [0.25, 0.3) is 5.65 Å². The Morgan fingerprint density at radius 1 is 1.50 bits per heavy atom. The van der Waals surface area contributed by atoms with Gasteiger partial charge in [-0.15, -0.1) is 0 Å². The van der Waals surface area contributed by atoms with Gasteiger partial charge in [0.05, 0.1) is 7.11 Å². The molecule has 6 heteroatoms. The van der Waals surface area contributed by atoms with Crippen molar-refractivity contribution >= 4 is 11.6 Å². The van der Waals surface area contributed by atoms with Crippen molar-refractivity contribution in [1.82, 2.24) is 9.38 Å². The Balaban J connectivity index is 2.78. The molecule has 2 aromatic heterocycles. The molecule has 0 saturated carbocycles. The van der Waals surface area contributed by atoms with Crippen LogP contribution in [0.1, 0.15) is 10.5 Å². The molecule has 2 rings (SSSR count). The maximum atomic E-state index is 11.5. The Kier molecular flexibility index (Phi) is 2.32. The zero-order valence-corrected chi connectivity index (χ0v) is 8.38. The molecule has 0 aliphatic rings. The number of carboxylic acid groups (broad SMARTS) is 1. The standard InChI is InChI=1S/C10H8N2O4/c1-16-6-2-3-12-8(4-6)11-7(10(14)15)5-9(12)13/h2-5H,1H3,(H,14,15). The summed E-state index contributed by atoms with van der Waals surface area (Å²) in [6.45, 7) is 0. The SMILES string of the molecule is COc1ccn2c(=O)cc(C(=O)O)nc2c1. The van der Waals surface area contributed by atoms with E-state index in [0.29, 0.717) is 5.75 Å². The second-order valence-electron chi connectivity index (χ2n) is 3.08. The third-order valence-corrected chi connectivity index (χ3v) is 2.09. The predicted octanol–water partition coefficient (Wildman–Crippen LogP) is 0.401. The summed E-state index contributed by atoms with van der Waals surface area (Å²) in [4.78, 5) is 26.1. The predicted molar refractivity (Wildman–Crippen MR) is 55.0 cm³/mol. The Hall–Kier alpha value is -2.37. The van der Waals surface area contributed by atoms with Gasteiger partial charge < -0.3 is 9.84 Å². The summed E-state index contributed by atoms with van der Waals surface area (Å²) in [5, 5.41) is 8.75. The second kappa shape index (κ2) is 3.65. The zero-order chi connectivity index (χ0) is 11.7. The van der Waals surface area contributed by atoms with Crippen LogP contribution in [0.2, 0.25) is 0 Å². The van der Waals surface area contributed by atoms with Crippen LogP contribution in [0, 0.1) is 0 Å². The minimum absolute atomic E-state index is 0.240. The van der Waals surface area contributed by atoms with E-state index < -0.39 is 11.5 Å². The smallest absolute Gasteiger partial charge is 0.354 e. The highest BCUT2D eigenvalue weighted by atomic mass is 16.5. The molecule has 2 heterocycles. The molecule has 0 unspecified atom stereocenters.